The Morgan fingerprint density at radius 1 is 1.19 bits per heavy atom. The van der Waals surface area contributed by atoms with Crippen LogP contribution in [0.2, 0.25) is 0 Å². The average Bonchev–Trinajstić information content (AvgIpc) is 3.33. The fraction of sp³-hybridized carbons (Fsp3) is 0.524. The maximum Gasteiger partial charge on any atom is 0.225 e. The van der Waals surface area contributed by atoms with Crippen LogP contribution in [-0.4, -0.2) is 34.6 Å². The van der Waals surface area contributed by atoms with Crippen molar-refractivity contribution in [1.82, 2.24) is 15.1 Å². The van der Waals surface area contributed by atoms with Crippen LogP contribution in [0.1, 0.15) is 50.6 Å². The van der Waals surface area contributed by atoms with E-state index in [1.807, 2.05) is 18.0 Å². The largest absolute Gasteiger partial charge is 0.346 e. The van der Waals surface area contributed by atoms with Crippen LogP contribution < -0.4 is 0 Å². The number of carbonyl (C=O) groups is 1. The molecule has 1 aromatic carbocycles. The van der Waals surface area contributed by atoms with Crippen molar-refractivity contribution in [3.63, 3.8) is 0 Å². The molecule has 0 radical (unpaired) electrons. The molecule has 26 heavy (non-hydrogen) atoms. The molecule has 5 heteroatoms. The summed E-state index contributed by atoms with van der Waals surface area (Å²) in [7, 11) is 1.94. The molecular formula is C21H28FN3O. The highest BCUT2D eigenvalue weighted by molar-refractivity contribution is 5.78. The zero-order valence-electron chi connectivity index (χ0n) is 15.5. The van der Waals surface area contributed by atoms with E-state index >= 15 is 0 Å². The number of aryl methyl sites for hydroxylation is 1. The number of carbonyl (C=O) groups excluding carboxylic acids is 1. The van der Waals surface area contributed by atoms with Crippen LogP contribution >= 0.6 is 0 Å². The van der Waals surface area contributed by atoms with Gasteiger partial charge in [0.05, 0.1) is 5.69 Å². The minimum Gasteiger partial charge on any atom is -0.346 e. The third kappa shape index (κ3) is 4.93. The Balaban J connectivity index is 1.36. The molecule has 1 heterocycles. The number of benzene rings is 1. The molecule has 1 N–H and O–H groups in total. The Morgan fingerprint density at radius 2 is 1.92 bits per heavy atom. The van der Waals surface area contributed by atoms with Crippen molar-refractivity contribution in [2.24, 2.45) is 5.92 Å². The van der Waals surface area contributed by atoms with Crippen LogP contribution in [0.15, 0.2) is 30.3 Å². The van der Waals surface area contributed by atoms with Crippen molar-refractivity contribution < 1.29 is 9.18 Å². The SMILES string of the molecule is CN(CCCCCc1cc(-c2ccc(F)cc2)n[nH]1)C(=O)C1CCCC1. The number of hydrogen-bond donors (Lipinski definition) is 1. The Morgan fingerprint density at radius 3 is 2.65 bits per heavy atom. The standard InChI is InChI=1S/C21H28FN3O/c1-25(21(26)17-7-4-5-8-17)14-6-2-3-9-19-15-20(24-23-19)16-10-12-18(22)13-11-16/h10-13,15,17H,2-9,14H2,1H3,(H,23,24). The van der Waals surface area contributed by atoms with Crippen LogP contribution in [0.3, 0.4) is 0 Å². The molecule has 1 aliphatic rings. The van der Waals surface area contributed by atoms with E-state index in [0.717, 1.165) is 62.0 Å². The van der Waals surface area contributed by atoms with Crippen molar-refractivity contribution in [3.8, 4) is 11.3 Å². The molecule has 0 spiro atoms. The summed E-state index contributed by atoms with van der Waals surface area (Å²) in [6.07, 6.45) is 8.67. The molecule has 0 bridgehead atoms. The molecule has 1 amide bonds. The summed E-state index contributed by atoms with van der Waals surface area (Å²) in [5.74, 6) is 0.371. The van der Waals surface area contributed by atoms with Crippen molar-refractivity contribution >= 4 is 5.91 Å². The van der Waals surface area contributed by atoms with E-state index in [1.165, 1.54) is 25.0 Å². The van der Waals surface area contributed by atoms with Gasteiger partial charge in [-0.3, -0.25) is 9.89 Å². The quantitative estimate of drug-likeness (QED) is 0.703. The first kappa shape index (κ1) is 18.6. The minimum atomic E-state index is -0.235. The maximum atomic E-state index is 13.0. The molecular weight excluding hydrogens is 329 g/mol. The highest BCUT2D eigenvalue weighted by atomic mass is 19.1. The first-order valence-electron chi connectivity index (χ1n) is 9.68. The topological polar surface area (TPSA) is 49.0 Å². The molecule has 0 aliphatic heterocycles. The van der Waals surface area contributed by atoms with Crippen molar-refractivity contribution in [2.45, 2.75) is 51.4 Å². The third-order valence-corrected chi connectivity index (χ3v) is 5.29. The molecule has 0 saturated heterocycles. The van der Waals surface area contributed by atoms with Gasteiger partial charge in [-0.2, -0.15) is 5.10 Å². The van der Waals surface area contributed by atoms with Gasteiger partial charge >= 0.3 is 0 Å². The molecule has 1 fully saturated rings. The van der Waals surface area contributed by atoms with Crippen molar-refractivity contribution in [1.29, 1.82) is 0 Å². The molecule has 4 nitrogen and oxygen atoms in total. The molecule has 0 unspecified atom stereocenters. The van der Waals surface area contributed by atoms with Gasteiger partial charge in [-0.1, -0.05) is 19.3 Å². The molecule has 0 atom stereocenters. The second-order valence-corrected chi connectivity index (χ2v) is 7.34. The summed E-state index contributed by atoms with van der Waals surface area (Å²) in [6, 6.07) is 8.42. The highest BCUT2D eigenvalue weighted by Gasteiger charge is 2.24. The molecule has 1 aromatic heterocycles. The van der Waals surface area contributed by atoms with Gasteiger partial charge in [0.15, 0.2) is 0 Å². The van der Waals surface area contributed by atoms with Crippen molar-refractivity contribution in [2.75, 3.05) is 13.6 Å². The van der Waals surface area contributed by atoms with Gasteiger partial charge in [-0.15, -0.1) is 0 Å². The second-order valence-electron chi connectivity index (χ2n) is 7.34. The molecule has 3 rings (SSSR count). The number of hydrogen-bond acceptors (Lipinski definition) is 2. The number of halogens is 1. The lowest BCUT2D eigenvalue weighted by molar-refractivity contribution is -0.134. The molecule has 140 valence electrons. The number of aromatic amines is 1. The van der Waals surface area contributed by atoms with Crippen molar-refractivity contribution in [3.05, 3.63) is 41.8 Å². The fourth-order valence-electron chi connectivity index (χ4n) is 3.69. The number of nitrogens with one attached hydrogen (secondary N) is 1. The average molecular weight is 357 g/mol. The van der Waals surface area contributed by atoms with E-state index in [4.69, 9.17) is 0 Å². The van der Waals surface area contributed by atoms with Gasteiger partial charge in [0, 0.05) is 30.8 Å². The predicted molar refractivity (Wildman–Crippen MR) is 101 cm³/mol. The van der Waals surface area contributed by atoms with Crippen LogP contribution in [0.25, 0.3) is 11.3 Å². The molecule has 1 saturated carbocycles. The molecule has 2 aromatic rings. The Bertz CT molecular complexity index is 704. The maximum absolute atomic E-state index is 13.0. The summed E-state index contributed by atoms with van der Waals surface area (Å²) in [6.45, 7) is 0.846. The smallest absolute Gasteiger partial charge is 0.225 e. The summed E-state index contributed by atoms with van der Waals surface area (Å²) >= 11 is 0. The predicted octanol–water partition coefficient (Wildman–Crippen LogP) is 4.58. The van der Waals surface area contributed by atoms with E-state index < -0.39 is 0 Å². The number of rotatable bonds is 8. The van der Waals surface area contributed by atoms with E-state index in [2.05, 4.69) is 10.2 Å². The highest BCUT2D eigenvalue weighted by Crippen LogP contribution is 2.26. The Hall–Kier alpha value is -2.17. The van der Waals surface area contributed by atoms with E-state index in [-0.39, 0.29) is 11.7 Å². The third-order valence-electron chi connectivity index (χ3n) is 5.29. The summed E-state index contributed by atoms with van der Waals surface area (Å²) in [4.78, 5) is 14.2. The van der Waals surface area contributed by atoms with Gasteiger partial charge in [-0.25, -0.2) is 4.39 Å². The number of unbranched alkanes of at least 4 members (excludes halogenated alkanes) is 2. The Labute approximate surface area is 154 Å². The van der Waals surface area contributed by atoms with Gasteiger partial charge in [0.25, 0.3) is 0 Å². The summed E-state index contributed by atoms with van der Waals surface area (Å²) < 4.78 is 13.0. The fourth-order valence-corrected chi connectivity index (χ4v) is 3.69. The zero-order valence-corrected chi connectivity index (χ0v) is 15.5. The van der Waals surface area contributed by atoms with E-state index in [1.54, 1.807) is 12.1 Å². The Kier molecular flexibility index (Phi) is 6.42. The lowest BCUT2D eigenvalue weighted by atomic mass is 10.1. The van der Waals surface area contributed by atoms with E-state index in [9.17, 15) is 9.18 Å². The van der Waals surface area contributed by atoms with Gasteiger partial charge in [0.1, 0.15) is 5.82 Å². The zero-order chi connectivity index (χ0) is 18.4. The van der Waals surface area contributed by atoms with E-state index in [0.29, 0.717) is 5.91 Å². The number of aromatic nitrogens is 2. The first-order chi connectivity index (χ1) is 12.6. The molecule has 1 aliphatic carbocycles. The minimum absolute atomic E-state index is 0.235. The monoisotopic (exact) mass is 357 g/mol. The van der Waals surface area contributed by atoms with Crippen LogP contribution in [0, 0.1) is 11.7 Å². The second kappa shape index (κ2) is 8.97. The van der Waals surface area contributed by atoms with Crippen LogP contribution in [-0.2, 0) is 11.2 Å². The van der Waals surface area contributed by atoms with Gasteiger partial charge < -0.3 is 4.90 Å². The van der Waals surface area contributed by atoms with Gasteiger partial charge in [0.2, 0.25) is 5.91 Å². The number of nitrogens with zero attached hydrogens (tertiary/aromatic N) is 2. The summed E-state index contributed by atoms with van der Waals surface area (Å²) in [5, 5.41) is 7.38. The first-order valence-corrected chi connectivity index (χ1v) is 9.68. The number of amides is 1. The van der Waals surface area contributed by atoms with Crippen LogP contribution in [0.4, 0.5) is 4.39 Å². The lowest BCUT2D eigenvalue weighted by Gasteiger charge is -2.20. The lowest BCUT2D eigenvalue weighted by Crippen LogP contribution is -2.32. The normalized spacial score (nSPS) is 14.7. The van der Waals surface area contributed by atoms with Crippen LogP contribution in [0.5, 0.6) is 0 Å². The number of H-pyrrole nitrogens is 1. The van der Waals surface area contributed by atoms with Gasteiger partial charge in [-0.05, 0) is 62.4 Å². The summed E-state index contributed by atoms with van der Waals surface area (Å²) in [5.41, 5.74) is 2.86.